The number of carboxylic acids is 1. The van der Waals surface area contributed by atoms with Gasteiger partial charge in [-0.05, 0) is 27.7 Å². The van der Waals surface area contributed by atoms with Crippen molar-refractivity contribution in [1.29, 1.82) is 0 Å². The molecule has 0 saturated carbocycles. The molecule has 2 unspecified atom stereocenters. The summed E-state index contributed by atoms with van der Waals surface area (Å²) in [5, 5.41) is 10.2. The van der Waals surface area contributed by atoms with Gasteiger partial charge in [0.2, 0.25) is 5.91 Å². The lowest BCUT2D eigenvalue weighted by molar-refractivity contribution is -0.136. The first kappa shape index (κ1) is 14.1. The summed E-state index contributed by atoms with van der Waals surface area (Å²) in [6.07, 6.45) is 0. The molecule has 0 heterocycles. The minimum Gasteiger partial charge on any atom is -0.480 e. The molecule has 0 saturated heterocycles. The van der Waals surface area contributed by atoms with Gasteiger partial charge in [-0.2, -0.15) is 0 Å². The van der Waals surface area contributed by atoms with Gasteiger partial charge in [0.05, 0.1) is 0 Å². The van der Waals surface area contributed by atoms with Crippen molar-refractivity contribution in [1.82, 2.24) is 5.32 Å². The van der Waals surface area contributed by atoms with Gasteiger partial charge in [-0.15, -0.1) is 0 Å². The Hall–Kier alpha value is -0.910. The van der Waals surface area contributed by atoms with Gasteiger partial charge in [0.15, 0.2) is 0 Å². The molecule has 0 aromatic rings. The number of hydrogen-bond donors (Lipinski definition) is 2. The molecular formula is C9H17NO4S. The highest BCUT2D eigenvalue weighted by Crippen LogP contribution is 2.00. The maximum atomic E-state index is 11.4. The van der Waals surface area contributed by atoms with Crippen molar-refractivity contribution in [2.45, 2.75) is 38.5 Å². The Labute approximate surface area is 91.7 Å². The van der Waals surface area contributed by atoms with Crippen LogP contribution in [-0.2, 0) is 20.4 Å². The largest absolute Gasteiger partial charge is 0.480 e. The summed E-state index contributed by atoms with van der Waals surface area (Å²) < 4.78 is 11.4. The van der Waals surface area contributed by atoms with E-state index in [0.717, 1.165) is 0 Å². The number of carbonyl (C=O) groups is 2. The summed E-state index contributed by atoms with van der Waals surface area (Å²) in [6, 6.07) is 0. The smallest absolute Gasteiger partial charge is 0.318 e. The van der Waals surface area contributed by atoms with E-state index in [1.807, 2.05) is 0 Å². The normalized spacial score (nSPS) is 15.5. The third-order valence-corrected chi connectivity index (χ3v) is 3.07. The second-order valence-electron chi connectivity index (χ2n) is 4.30. The number of aliphatic carboxylic acids is 1. The van der Waals surface area contributed by atoms with Crippen molar-refractivity contribution in [2.75, 3.05) is 5.75 Å². The number of hydrogen-bond acceptors (Lipinski definition) is 3. The van der Waals surface area contributed by atoms with Crippen molar-refractivity contribution >= 4 is 22.7 Å². The molecule has 0 rings (SSSR count). The number of carboxylic acid groups (broad SMARTS) is 1. The first-order chi connectivity index (χ1) is 6.63. The number of nitrogens with one attached hydrogen (secondary N) is 1. The van der Waals surface area contributed by atoms with Crippen LogP contribution in [-0.4, -0.2) is 37.7 Å². The van der Waals surface area contributed by atoms with Crippen molar-refractivity contribution in [3.05, 3.63) is 0 Å². The third kappa shape index (κ3) is 6.22. The van der Waals surface area contributed by atoms with E-state index >= 15 is 0 Å². The molecule has 0 aliphatic heterocycles. The highest BCUT2D eigenvalue weighted by molar-refractivity contribution is 7.87. The molecule has 0 fully saturated rings. The van der Waals surface area contributed by atoms with Crippen LogP contribution in [0, 0.1) is 0 Å². The van der Waals surface area contributed by atoms with Crippen LogP contribution in [0.15, 0.2) is 0 Å². The van der Waals surface area contributed by atoms with Gasteiger partial charge in [0, 0.05) is 16.3 Å². The number of amides is 1. The minimum absolute atomic E-state index is 0.273. The standard InChI is InChI=1S/C9H17NO4S/c1-6(8(12)13)15(14)5-7(11)10-9(2,3)4/h6H,5H2,1-4H3,(H,10,11)(H,12,13). The Kier molecular flexibility index (Phi) is 4.93. The van der Waals surface area contributed by atoms with E-state index in [-0.39, 0.29) is 5.75 Å². The van der Waals surface area contributed by atoms with Crippen LogP contribution >= 0.6 is 0 Å². The summed E-state index contributed by atoms with van der Waals surface area (Å²) in [6.45, 7) is 6.72. The molecule has 0 bridgehead atoms. The summed E-state index contributed by atoms with van der Waals surface area (Å²) in [7, 11) is -1.67. The molecule has 6 heteroatoms. The lowest BCUT2D eigenvalue weighted by Gasteiger charge is -2.20. The fourth-order valence-corrected chi connectivity index (χ4v) is 1.63. The highest BCUT2D eigenvalue weighted by atomic mass is 32.2. The Bertz CT molecular complexity index is 282. The lowest BCUT2D eigenvalue weighted by atomic mass is 10.1. The monoisotopic (exact) mass is 235 g/mol. The van der Waals surface area contributed by atoms with Gasteiger partial charge >= 0.3 is 5.97 Å². The lowest BCUT2D eigenvalue weighted by Crippen LogP contribution is -2.43. The Morgan fingerprint density at radius 3 is 2.20 bits per heavy atom. The average Bonchev–Trinajstić information content (AvgIpc) is 1.98. The molecule has 0 radical (unpaired) electrons. The predicted molar refractivity (Wildman–Crippen MR) is 58.0 cm³/mol. The van der Waals surface area contributed by atoms with Crippen LogP contribution in [0.4, 0.5) is 0 Å². The quantitative estimate of drug-likeness (QED) is 0.725. The molecule has 15 heavy (non-hydrogen) atoms. The van der Waals surface area contributed by atoms with E-state index < -0.39 is 33.5 Å². The topological polar surface area (TPSA) is 83.5 Å². The molecule has 1 amide bonds. The maximum Gasteiger partial charge on any atom is 0.318 e. The van der Waals surface area contributed by atoms with Crippen LogP contribution in [0.3, 0.4) is 0 Å². The molecule has 0 aliphatic rings. The summed E-state index contributed by atoms with van der Waals surface area (Å²) in [5.41, 5.74) is -0.395. The second-order valence-corrected chi connectivity index (χ2v) is 6.06. The molecule has 88 valence electrons. The molecule has 0 aromatic carbocycles. The van der Waals surface area contributed by atoms with Crippen LogP contribution in [0.5, 0.6) is 0 Å². The molecule has 2 N–H and O–H groups in total. The Morgan fingerprint density at radius 2 is 1.87 bits per heavy atom. The fourth-order valence-electron chi connectivity index (χ4n) is 0.821. The number of rotatable bonds is 4. The van der Waals surface area contributed by atoms with E-state index in [4.69, 9.17) is 5.11 Å². The molecule has 0 aromatic heterocycles. The minimum atomic E-state index is -1.67. The number of carbonyl (C=O) groups excluding carboxylic acids is 1. The summed E-state index contributed by atoms with van der Waals surface area (Å²) in [4.78, 5) is 21.8. The van der Waals surface area contributed by atoms with E-state index in [0.29, 0.717) is 0 Å². The zero-order chi connectivity index (χ0) is 12.2. The Morgan fingerprint density at radius 1 is 1.40 bits per heavy atom. The van der Waals surface area contributed by atoms with E-state index in [1.54, 1.807) is 20.8 Å². The van der Waals surface area contributed by atoms with Gasteiger partial charge < -0.3 is 10.4 Å². The molecule has 0 aliphatic carbocycles. The summed E-state index contributed by atoms with van der Waals surface area (Å²) >= 11 is 0. The molecular weight excluding hydrogens is 218 g/mol. The van der Waals surface area contributed by atoms with E-state index in [9.17, 15) is 13.8 Å². The van der Waals surface area contributed by atoms with Gasteiger partial charge in [-0.1, -0.05) is 0 Å². The highest BCUT2D eigenvalue weighted by Gasteiger charge is 2.23. The Balaban J connectivity index is 4.20. The zero-order valence-corrected chi connectivity index (χ0v) is 10.2. The predicted octanol–water partition coefficient (Wildman–Crippen LogP) is 0.123. The molecule has 0 spiro atoms. The van der Waals surface area contributed by atoms with Crippen molar-refractivity contribution < 1.29 is 18.9 Å². The van der Waals surface area contributed by atoms with E-state index in [2.05, 4.69) is 5.32 Å². The van der Waals surface area contributed by atoms with Gasteiger partial charge in [0.25, 0.3) is 0 Å². The third-order valence-electron chi connectivity index (χ3n) is 1.53. The van der Waals surface area contributed by atoms with Gasteiger partial charge in [0.1, 0.15) is 11.0 Å². The van der Waals surface area contributed by atoms with E-state index in [1.165, 1.54) is 6.92 Å². The van der Waals surface area contributed by atoms with Crippen molar-refractivity contribution in [3.63, 3.8) is 0 Å². The summed E-state index contributed by atoms with van der Waals surface area (Å²) in [5.74, 6) is -1.82. The average molecular weight is 235 g/mol. The van der Waals surface area contributed by atoms with Crippen LogP contribution in [0.25, 0.3) is 0 Å². The zero-order valence-electron chi connectivity index (χ0n) is 9.36. The van der Waals surface area contributed by atoms with Crippen LogP contribution in [0.1, 0.15) is 27.7 Å². The van der Waals surface area contributed by atoms with Crippen molar-refractivity contribution in [3.8, 4) is 0 Å². The second kappa shape index (κ2) is 5.25. The first-order valence-electron chi connectivity index (χ1n) is 4.54. The van der Waals surface area contributed by atoms with Gasteiger partial charge in [-0.25, -0.2) is 0 Å². The van der Waals surface area contributed by atoms with Crippen LogP contribution < -0.4 is 5.32 Å². The van der Waals surface area contributed by atoms with Crippen LogP contribution in [0.2, 0.25) is 0 Å². The first-order valence-corrected chi connectivity index (χ1v) is 5.92. The van der Waals surface area contributed by atoms with Gasteiger partial charge in [-0.3, -0.25) is 13.8 Å². The molecule has 5 nitrogen and oxygen atoms in total. The maximum absolute atomic E-state index is 11.4. The van der Waals surface area contributed by atoms with Crippen molar-refractivity contribution in [2.24, 2.45) is 0 Å². The fraction of sp³-hybridized carbons (Fsp3) is 0.778. The SMILES string of the molecule is CC(C(=O)O)S(=O)CC(=O)NC(C)(C)C. The molecule has 2 atom stereocenters.